The van der Waals surface area contributed by atoms with Crippen molar-refractivity contribution in [1.29, 1.82) is 0 Å². The number of carbonyl (C=O) groups is 2. The van der Waals surface area contributed by atoms with Crippen LogP contribution in [0.4, 0.5) is 5.69 Å². The van der Waals surface area contributed by atoms with E-state index in [1.54, 1.807) is 42.5 Å². The van der Waals surface area contributed by atoms with Crippen molar-refractivity contribution in [2.75, 3.05) is 17.4 Å². The Labute approximate surface area is 245 Å². The van der Waals surface area contributed by atoms with Gasteiger partial charge in [0.25, 0.3) is 10.0 Å². The monoisotopic (exact) mass is 661 g/mol. The predicted octanol–water partition coefficient (Wildman–Crippen LogP) is 5.37. The Kier molecular flexibility index (Phi) is 10.9. The fraction of sp³-hybridized carbons (Fsp3) is 0.333. The first-order chi connectivity index (χ1) is 18.5. The maximum Gasteiger partial charge on any atom is 0.264 e. The van der Waals surface area contributed by atoms with Crippen LogP contribution >= 0.6 is 22.6 Å². The highest BCUT2D eigenvalue weighted by Gasteiger charge is 2.33. The van der Waals surface area contributed by atoms with E-state index in [1.165, 1.54) is 17.0 Å². The number of halogens is 1. The summed E-state index contributed by atoms with van der Waals surface area (Å²) in [6, 6.07) is 22.0. The van der Waals surface area contributed by atoms with E-state index in [2.05, 4.69) is 27.9 Å². The third kappa shape index (κ3) is 8.28. The maximum absolute atomic E-state index is 14.0. The van der Waals surface area contributed by atoms with Crippen LogP contribution in [0.15, 0.2) is 83.8 Å². The maximum atomic E-state index is 14.0. The molecule has 3 rings (SSSR count). The summed E-state index contributed by atoms with van der Waals surface area (Å²) < 4.78 is 29.7. The lowest BCUT2D eigenvalue weighted by Crippen LogP contribution is -2.52. The van der Waals surface area contributed by atoms with Gasteiger partial charge in [-0.15, -0.1) is 0 Å². The minimum absolute atomic E-state index is 0.0864. The topological polar surface area (TPSA) is 86.8 Å². The van der Waals surface area contributed by atoms with E-state index in [1.807, 2.05) is 52.0 Å². The summed E-state index contributed by atoms with van der Waals surface area (Å²) in [4.78, 5) is 28.9. The molecule has 1 unspecified atom stereocenters. The second-order valence-electron chi connectivity index (χ2n) is 9.87. The molecule has 208 valence electrons. The third-order valence-electron chi connectivity index (χ3n) is 6.23. The van der Waals surface area contributed by atoms with Gasteiger partial charge in [-0.05, 0) is 83.8 Å². The Balaban J connectivity index is 2.03. The lowest BCUT2D eigenvalue weighted by Gasteiger charge is -2.33. The molecule has 0 aliphatic rings. The van der Waals surface area contributed by atoms with Gasteiger partial charge in [0.1, 0.15) is 12.6 Å². The number of nitrogens with one attached hydrogen (secondary N) is 1. The zero-order valence-corrected chi connectivity index (χ0v) is 25.8. The molecule has 0 radical (unpaired) electrons. The van der Waals surface area contributed by atoms with Crippen molar-refractivity contribution in [2.24, 2.45) is 5.92 Å². The number of sulfonamides is 1. The number of hydrogen-bond donors (Lipinski definition) is 1. The summed E-state index contributed by atoms with van der Waals surface area (Å²) in [6.45, 7) is 8.05. The molecule has 0 aromatic heterocycles. The van der Waals surface area contributed by atoms with Crippen LogP contribution in [0, 0.1) is 16.4 Å². The summed E-state index contributed by atoms with van der Waals surface area (Å²) >= 11 is 2.15. The van der Waals surface area contributed by atoms with Gasteiger partial charge in [-0.25, -0.2) is 8.42 Å². The highest BCUT2D eigenvalue weighted by atomic mass is 127. The van der Waals surface area contributed by atoms with Crippen LogP contribution in [0.1, 0.15) is 38.3 Å². The van der Waals surface area contributed by atoms with Gasteiger partial charge in [0.15, 0.2) is 0 Å². The van der Waals surface area contributed by atoms with Crippen molar-refractivity contribution in [1.82, 2.24) is 10.2 Å². The summed E-state index contributed by atoms with van der Waals surface area (Å²) in [5.74, 6) is -0.459. The van der Waals surface area contributed by atoms with Gasteiger partial charge in [-0.3, -0.25) is 13.9 Å². The number of benzene rings is 3. The van der Waals surface area contributed by atoms with Crippen molar-refractivity contribution >= 4 is 50.1 Å². The van der Waals surface area contributed by atoms with Crippen LogP contribution in [0.25, 0.3) is 0 Å². The van der Waals surface area contributed by atoms with Crippen molar-refractivity contribution in [3.63, 3.8) is 0 Å². The third-order valence-corrected chi connectivity index (χ3v) is 8.74. The second-order valence-corrected chi connectivity index (χ2v) is 13.0. The largest absolute Gasteiger partial charge is 0.354 e. The average molecular weight is 662 g/mol. The Morgan fingerprint density at radius 1 is 0.949 bits per heavy atom. The first-order valence-corrected chi connectivity index (χ1v) is 15.5. The summed E-state index contributed by atoms with van der Waals surface area (Å²) in [5.41, 5.74) is 2.27. The standard InChI is InChI=1S/C30H36IN3O4S/c1-5-28(30(36)32-19-22(2)3)33(20-24-11-9-10-23(4)18-24)29(35)21-34(26-16-14-25(31)15-17-26)39(37,38)27-12-7-6-8-13-27/h6-18,22,28H,5,19-21H2,1-4H3,(H,32,36). The van der Waals surface area contributed by atoms with Crippen molar-refractivity contribution in [3.05, 3.63) is 93.6 Å². The molecule has 0 bridgehead atoms. The highest BCUT2D eigenvalue weighted by Crippen LogP contribution is 2.25. The number of anilines is 1. The minimum atomic E-state index is -4.07. The molecule has 0 fully saturated rings. The van der Waals surface area contributed by atoms with E-state index in [-0.39, 0.29) is 23.3 Å². The predicted molar refractivity (Wildman–Crippen MR) is 164 cm³/mol. The van der Waals surface area contributed by atoms with Crippen LogP contribution in [0.3, 0.4) is 0 Å². The van der Waals surface area contributed by atoms with Gasteiger partial charge in [0.2, 0.25) is 11.8 Å². The van der Waals surface area contributed by atoms with Crippen LogP contribution in [0.2, 0.25) is 0 Å². The van der Waals surface area contributed by atoms with Gasteiger partial charge in [0.05, 0.1) is 10.6 Å². The van der Waals surface area contributed by atoms with Gasteiger partial charge < -0.3 is 10.2 Å². The normalized spacial score (nSPS) is 12.2. The van der Waals surface area contributed by atoms with Crippen LogP contribution in [0.5, 0.6) is 0 Å². The molecule has 39 heavy (non-hydrogen) atoms. The van der Waals surface area contributed by atoms with E-state index in [9.17, 15) is 18.0 Å². The Bertz CT molecular complexity index is 1360. The average Bonchev–Trinajstić information content (AvgIpc) is 2.91. The summed E-state index contributed by atoms with van der Waals surface area (Å²) in [7, 11) is -4.07. The van der Waals surface area contributed by atoms with E-state index in [4.69, 9.17) is 0 Å². The first kappa shape index (κ1) is 30.6. The smallest absolute Gasteiger partial charge is 0.264 e. The van der Waals surface area contributed by atoms with Crippen molar-refractivity contribution in [3.8, 4) is 0 Å². The van der Waals surface area contributed by atoms with E-state index >= 15 is 0 Å². The van der Waals surface area contributed by atoms with Crippen molar-refractivity contribution in [2.45, 2.75) is 51.6 Å². The Morgan fingerprint density at radius 2 is 1.62 bits per heavy atom. The number of amides is 2. The molecule has 0 saturated heterocycles. The zero-order valence-electron chi connectivity index (χ0n) is 22.8. The van der Waals surface area contributed by atoms with Crippen LogP contribution in [-0.4, -0.2) is 44.3 Å². The molecule has 1 atom stereocenters. The molecule has 9 heteroatoms. The van der Waals surface area contributed by atoms with Gasteiger partial charge in [0, 0.05) is 16.7 Å². The molecule has 2 amide bonds. The number of carbonyl (C=O) groups excluding carboxylic acids is 2. The fourth-order valence-corrected chi connectivity index (χ4v) is 6.00. The van der Waals surface area contributed by atoms with Crippen molar-refractivity contribution < 1.29 is 18.0 Å². The van der Waals surface area contributed by atoms with E-state index in [0.29, 0.717) is 18.7 Å². The molecule has 0 saturated carbocycles. The number of aryl methyl sites for hydroxylation is 1. The molecule has 3 aromatic rings. The molecular formula is C30H36IN3O4S. The molecule has 0 aliphatic heterocycles. The molecule has 0 heterocycles. The summed E-state index contributed by atoms with van der Waals surface area (Å²) in [6.07, 6.45) is 0.385. The van der Waals surface area contributed by atoms with E-state index < -0.39 is 28.5 Å². The molecule has 7 nitrogen and oxygen atoms in total. The van der Waals surface area contributed by atoms with E-state index in [0.717, 1.165) is 19.0 Å². The SMILES string of the molecule is CCC(C(=O)NCC(C)C)N(Cc1cccc(C)c1)C(=O)CN(c1ccc(I)cc1)S(=O)(=O)c1ccccc1. The van der Waals surface area contributed by atoms with Gasteiger partial charge >= 0.3 is 0 Å². The number of rotatable bonds is 12. The lowest BCUT2D eigenvalue weighted by molar-refractivity contribution is -0.140. The molecule has 0 spiro atoms. The molecule has 0 aliphatic carbocycles. The van der Waals surface area contributed by atoms with Crippen LogP contribution < -0.4 is 9.62 Å². The molecule has 1 N–H and O–H groups in total. The second kappa shape index (κ2) is 13.9. The quantitative estimate of drug-likeness (QED) is 0.265. The zero-order chi connectivity index (χ0) is 28.6. The van der Waals surface area contributed by atoms with Gasteiger partial charge in [-0.2, -0.15) is 0 Å². The van der Waals surface area contributed by atoms with Gasteiger partial charge in [-0.1, -0.05) is 68.8 Å². The minimum Gasteiger partial charge on any atom is -0.354 e. The Hall–Kier alpha value is -2.92. The Morgan fingerprint density at radius 3 is 2.21 bits per heavy atom. The lowest BCUT2D eigenvalue weighted by atomic mass is 10.1. The van der Waals surface area contributed by atoms with Crippen LogP contribution in [-0.2, 0) is 26.2 Å². The summed E-state index contributed by atoms with van der Waals surface area (Å²) in [5, 5.41) is 2.95. The molecular weight excluding hydrogens is 625 g/mol. The fourth-order valence-electron chi connectivity index (χ4n) is 4.21. The highest BCUT2D eigenvalue weighted by molar-refractivity contribution is 14.1. The first-order valence-electron chi connectivity index (χ1n) is 13.0. The number of hydrogen-bond acceptors (Lipinski definition) is 4. The molecule has 3 aromatic carbocycles. The number of nitrogens with zero attached hydrogens (tertiary/aromatic N) is 2.